The molecule has 2 heterocycles. The van der Waals surface area contributed by atoms with E-state index in [9.17, 15) is 9.59 Å². The normalized spacial score (nSPS) is 12.9. The number of para-hydroxylation sites is 1. The molecule has 5 rings (SSSR count). The van der Waals surface area contributed by atoms with E-state index in [2.05, 4.69) is 4.99 Å². The van der Waals surface area contributed by atoms with Gasteiger partial charge in [0.15, 0.2) is 5.70 Å². The van der Waals surface area contributed by atoms with Gasteiger partial charge in [-0.15, -0.1) is 0 Å². The molecule has 0 atom stereocenters. The summed E-state index contributed by atoms with van der Waals surface area (Å²) in [6.45, 7) is 2.14. The van der Waals surface area contributed by atoms with Crippen molar-refractivity contribution in [1.29, 1.82) is 0 Å². The highest BCUT2D eigenvalue weighted by Gasteiger charge is 2.29. The van der Waals surface area contributed by atoms with Crippen molar-refractivity contribution in [2.24, 2.45) is 9.98 Å². The molecule has 0 fully saturated rings. The maximum atomic E-state index is 13.1. The van der Waals surface area contributed by atoms with Crippen molar-refractivity contribution in [3.05, 3.63) is 93.8 Å². The molecule has 0 saturated heterocycles. The van der Waals surface area contributed by atoms with Crippen molar-refractivity contribution in [2.45, 2.75) is 26.4 Å². The predicted octanol–water partition coefficient (Wildman–Crippen LogP) is 3.97. The van der Waals surface area contributed by atoms with Gasteiger partial charge in [0, 0.05) is 23.1 Å². The number of carbonyl (C=O) groups is 2. The van der Waals surface area contributed by atoms with Gasteiger partial charge >= 0.3 is 11.9 Å². The Morgan fingerprint density at radius 3 is 2.48 bits per heavy atom. The third-order valence-corrected chi connectivity index (χ3v) is 5.98. The van der Waals surface area contributed by atoms with Crippen LogP contribution in [0.3, 0.4) is 0 Å². The van der Waals surface area contributed by atoms with Crippen molar-refractivity contribution in [3.63, 3.8) is 0 Å². The van der Waals surface area contributed by atoms with Gasteiger partial charge < -0.3 is 9.47 Å². The van der Waals surface area contributed by atoms with Gasteiger partial charge in [0.05, 0.1) is 23.5 Å². The molecule has 0 saturated carbocycles. The number of allylic oxidation sites excluding steroid dienone is 1. The minimum atomic E-state index is -0.508. The number of esters is 2. The van der Waals surface area contributed by atoms with E-state index < -0.39 is 5.97 Å². The molecule has 164 valence electrons. The van der Waals surface area contributed by atoms with E-state index in [1.807, 2.05) is 67.6 Å². The lowest BCUT2D eigenvalue weighted by molar-refractivity contribution is -0.141. The smallest absolute Gasteiger partial charge is 0.357 e. The van der Waals surface area contributed by atoms with E-state index in [0.29, 0.717) is 17.4 Å². The molecule has 2 aliphatic rings. The second-order valence-corrected chi connectivity index (χ2v) is 8.00. The number of methoxy groups -OCH3 is 1. The maximum Gasteiger partial charge on any atom is 0.357 e. The van der Waals surface area contributed by atoms with Crippen molar-refractivity contribution in [1.82, 2.24) is 0 Å². The highest BCUT2D eigenvalue weighted by molar-refractivity contribution is 6.00. The molecule has 0 N–H and O–H groups in total. The second kappa shape index (κ2) is 8.47. The summed E-state index contributed by atoms with van der Waals surface area (Å²) in [5.74, 6) is -0.851. The van der Waals surface area contributed by atoms with Crippen LogP contribution in [0.5, 0.6) is 0 Å². The van der Waals surface area contributed by atoms with E-state index >= 15 is 0 Å². The lowest BCUT2D eigenvalue weighted by Gasteiger charge is -2.10. The SMILES string of the molecule is COC(=O)CCC1=C(C(=O)OCc2ccccc2)N=c2cc3c(c(C)c21)=Nc1ccccc1-3. The first kappa shape index (κ1) is 20.8. The maximum absolute atomic E-state index is 13.1. The number of nitrogens with zero attached hydrogens (tertiary/aromatic N) is 2. The summed E-state index contributed by atoms with van der Waals surface area (Å²) in [5.41, 5.74) is 6.57. The number of fused-ring (bicyclic) bond motifs is 4. The molecule has 0 aliphatic carbocycles. The highest BCUT2D eigenvalue weighted by atomic mass is 16.5. The Morgan fingerprint density at radius 1 is 0.939 bits per heavy atom. The van der Waals surface area contributed by atoms with Gasteiger partial charge in [0.2, 0.25) is 0 Å². The molecular weight excluding hydrogens is 416 g/mol. The monoisotopic (exact) mass is 438 g/mol. The van der Waals surface area contributed by atoms with Crippen LogP contribution in [0.15, 0.2) is 76.3 Å². The largest absolute Gasteiger partial charge is 0.469 e. The minimum Gasteiger partial charge on any atom is -0.469 e. The van der Waals surface area contributed by atoms with Crippen LogP contribution < -0.4 is 10.7 Å². The topological polar surface area (TPSA) is 77.3 Å². The van der Waals surface area contributed by atoms with Crippen molar-refractivity contribution >= 4 is 23.2 Å². The van der Waals surface area contributed by atoms with Gasteiger partial charge in [-0.25, -0.2) is 14.8 Å². The average Bonchev–Trinajstić information content (AvgIpc) is 3.41. The summed E-state index contributed by atoms with van der Waals surface area (Å²) in [5, 5.41) is 1.57. The molecule has 0 aromatic heterocycles. The summed E-state index contributed by atoms with van der Waals surface area (Å²) >= 11 is 0. The Bertz CT molecular complexity index is 1440. The first-order chi connectivity index (χ1) is 16.1. The number of rotatable bonds is 6. The molecule has 33 heavy (non-hydrogen) atoms. The lowest BCUT2D eigenvalue weighted by Crippen LogP contribution is -2.19. The molecule has 6 nitrogen and oxygen atoms in total. The zero-order valence-electron chi connectivity index (χ0n) is 18.4. The Kier molecular flexibility index (Phi) is 5.34. The third kappa shape index (κ3) is 3.74. The van der Waals surface area contributed by atoms with Crippen LogP contribution in [-0.2, 0) is 25.7 Å². The Balaban J connectivity index is 1.56. The van der Waals surface area contributed by atoms with Gasteiger partial charge in [-0.1, -0.05) is 48.5 Å². The molecule has 0 unspecified atom stereocenters. The molecule has 0 spiro atoms. The zero-order chi connectivity index (χ0) is 22.9. The van der Waals surface area contributed by atoms with Crippen LogP contribution in [0, 0.1) is 6.92 Å². The fraction of sp³-hybridized carbons (Fsp3) is 0.185. The molecule has 0 amide bonds. The zero-order valence-corrected chi connectivity index (χ0v) is 18.4. The van der Waals surface area contributed by atoms with E-state index in [0.717, 1.165) is 38.9 Å². The molecule has 0 radical (unpaired) electrons. The van der Waals surface area contributed by atoms with Crippen LogP contribution in [0.2, 0.25) is 0 Å². The highest BCUT2D eigenvalue weighted by Crippen LogP contribution is 2.35. The van der Waals surface area contributed by atoms with Crippen molar-refractivity contribution in [3.8, 4) is 11.1 Å². The van der Waals surface area contributed by atoms with Crippen LogP contribution in [0.1, 0.15) is 29.5 Å². The summed E-state index contributed by atoms with van der Waals surface area (Å²) in [6.07, 6.45) is 0.468. The van der Waals surface area contributed by atoms with E-state index in [4.69, 9.17) is 14.5 Å². The summed E-state index contributed by atoms with van der Waals surface area (Å²) in [7, 11) is 1.35. The number of hydrogen-bond donors (Lipinski definition) is 0. The third-order valence-electron chi connectivity index (χ3n) is 5.98. The fourth-order valence-electron chi connectivity index (χ4n) is 4.37. The summed E-state index contributed by atoms with van der Waals surface area (Å²) in [6, 6.07) is 19.4. The molecule has 6 heteroatoms. The Hall–Kier alpha value is -4.06. The molecule has 3 aromatic rings. The van der Waals surface area contributed by atoms with Crippen molar-refractivity contribution < 1.29 is 19.1 Å². The summed E-state index contributed by atoms with van der Waals surface area (Å²) < 4.78 is 10.4. The first-order valence-corrected chi connectivity index (χ1v) is 10.8. The van der Waals surface area contributed by atoms with Crippen LogP contribution in [0.25, 0.3) is 16.7 Å². The molecule has 0 bridgehead atoms. The Morgan fingerprint density at radius 2 is 1.70 bits per heavy atom. The number of carbonyl (C=O) groups excluding carboxylic acids is 2. The average molecular weight is 438 g/mol. The van der Waals surface area contributed by atoms with Crippen molar-refractivity contribution in [2.75, 3.05) is 7.11 Å². The van der Waals surface area contributed by atoms with Gasteiger partial charge in [-0.3, -0.25) is 4.79 Å². The predicted molar refractivity (Wildman–Crippen MR) is 123 cm³/mol. The number of benzene rings is 3. The first-order valence-electron chi connectivity index (χ1n) is 10.8. The van der Waals surface area contributed by atoms with Crippen LogP contribution in [-0.4, -0.2) is 19.0 Å². The minimum absolute atomic E-state index is 0.143. The molecule has 2 aliphatic heterocycles. The molecule has 3 aromatic carbocycles. The Labute approximate surface area is 190 Å². The van der Waals surface area contributed by atoms with Crippen LogP contribution >= 0.6 is 0 Å². The lowest BCUT2D eigenvalue weighted by atomic mass is 9.93. The molecular formula is C27H22N2O4. The standard InChI is InChI=1S/C27H22N2O4/c1-16-24-19(12-13-23(30)32-2)26(27(31)33-15-17-8-4-3-5-9-17)29-22(24)14-20-18-10-6-7-11-21(18)28-25(16)20/h3-11,14H,12-13,15H2,1-2H3. The number of hydrogen-bond acceptors (Lipinski definition) is 6. The van der Waals surface area contributed by atoms with E-state index in [1.165, 1.54) is 7.11 Å². The van der Waals surface area contributed by atoms with E-state index in [-0.39, 0.29) is 24.7 Å². The van der Waals surface area contributed by atoms with Gasteiger partial charge in [-0.2, -0.15) is 0 Å². The van der Waals surface area contributed by atoms with Gasteiger partial charge in [0.25, 0.3) is 0 Å². The van der Waals surface area contributed by atoms with Gasteiger partial charge in [0.1, 0.15) is 6.61 Å². The quantitative estimate of drug-likeness (QED) is 0.427. The number of ether oxygens (including phenoxy) is 2. The fourth-order valence-corrected chi connectivity index (χ4v) is 4.37. The van der Waals surface area contributed by atoms with Gasteiger partial charge in [-0.05, 0) is 42.2 Å². The summed E-state index contributed by atoms with van der Waals surface area (Å²) in [4.78, 5) is 34.4. The second-order valence-electron chi connectivity index (χ2n) is 8.00. The van der Waals surface area contributed by atoms with Crippen LogP contribution in [0.4, 0.5) is 5.69 Å². The van der Waals surface area contributed by atoms with E-state index in [1.54, 1.807) is 0 Å².